The maximum Gasteiger partial charge on any atom is 0.262 e. The zero-order valence-electron chi connectivity index (χ0n) is 8.46. The molecule has 0 aliphatic rings. The van der Waals surface area contributed by atoms with Crippen molar-refractivity contribution in [2.45, 2.75) is 4.90 Å². The van der Waals surface area contributed by atoms with Gasteiger partial charge in [-0.1, -0.05) is 46.4 Å². The minimum absolute atomic E-state index is 0.0198. The predicted molar refractivity (Wildman–Crippen MR) is 74.8 cm³/mol. The van der Waals surface area contributed by atoms with Crippen molar-refractivity contribution in [3.05, 3.63) is 32.7 Å². The number of hydrogen-bond acceptors (Lipinski definition) is 3. The largest absolute Gasteiger partial charge is 0.486 e. The molecule has 0 aliphatic heterocycles. The number of hydrogen-bond donors (Lipinski definition) is 0. The smallest absolute Gasteiger partial charge is 0.262 e. The first-order valence-electron chi connectivity index (χ1n) is 4.27. The summed E-state index contributed by atoms with van der Waals surface area (Å²) >= 11 is 22.6. The molecular weight excluding hydrogens is 365 g/mol. The van der Waals surface area contributed by atoms with Gasteiger partial charge < -0.3 is 4.74 Å². The van der Waals surface area contributed by atoms with Crippen LogP contribution in [-0.2, 0) is 9.05 Å². The Morgan fingerprint density at radius 3 is 2.39 bits per heavy atom. The minimum Gasteiger partial charge on any atom is -0.486 e. The number of ether oxygens (including phenoxy) is 1. The Labute approximate surface area is 129 Å². The highest BCUT2D eigenvalue weighted by Crippen LogP contribution is 2.35. The van der Waals surface area contributed by atoms with Crippen LogP contribution in [0.2, 0.25) is 10.0 Å². The summed E-state index contributed by atoms with van der Waals surface area (Å²) in [4.78, 5) is -0.290. The van der Waals surface area contributed by atoms with E-state index in [-0.39, 0.29) is 32.3 Å². The van der Waals surface area contributed by atoms with Crippen LogP contribution in [0.4, 0.5) is 0 Å². The van der Waals surface area contributed by atoms with E-state index in [1.54, 1.807) is 0 Å². The highest BCUT2D eigenvalue weighted by atomic mass is 35.7. The summed E-state index contributed by atoms with van der Waals surface area (Å²) in [6.07, 6.45) is 0. The Morgan fingerprint density at radius 2 is 1.89 bits per heavy atom. The summed E-state index contributed by atoms with van der Waals surface area (Å²) in [5.74, 6) is 0.169. The van der Waals surface area contributed by atoms with Gasteiger partial charge in [-0.3, -0.25) is 0 Å². The van der Waals surface area contributed by atoms with Crippen molar-refractivity contribution in [1.82, 2.24) is 0 Å². The van der Waals surface area contributed by atoms with Crippen molar-refractivity contribution >= 4 is 66.1 Å². The van der Waals surface area contributed by atoms with Gasteiger partial charge in [0, 0.05) is 22.3 Å². The van der Waals surface area contributed by atoms with E-state index in [0.717, 1.165) is 11.6 Å². The minimum atomic E-state index is -3.97. The van der Waals surface area contributed by atoms with Crippen molar-refractivity contribution in [1.29, 1.82) is 0 Å². The Balaban J connectivity index is 3.08. The molecule has 18 heavy (non-hydrogen) atoms. The summed E-state index contributed by atoms with van der Waals surface area (Å²) in [5, 5.41) is 0.186. The van der Waals surface area contributed by atoms with Gasteiger partial charge in [-0.25, -0.2) is 8.42 Å². The molecule has 9 heteroatoms. The molecule has 0 amide bonds. The SMILES string of the molecule is O=S(=O)(Cl)c1cc(Cl)c(OC/C(Cl)=C\Cl)cc1Cl. The fourth-order valence-electron chi connectivity index (χ4n) is 0.986. The molecule has 3 nitrogen and oxygen atoms in total. The van der Waals surface area contributed by atoms with Crippen LogP contribution in [0, 0.1) is 0 Å². The predicted octanol–water partition coefficient (Wildman–Crippen LogP) is 4.62. The lowest BCUT2D eigenvalue weighted by molar-refractivity contribution is 0.359. The van der Waals surface area contributed by atoms with Crippen LogP contribution in [0.15, 0.2) is 27.6 Å². The van der Waals surface area contributed by atoms with Crippen LogP contribution < -0.4 is 4.74 Å². The first kappa shape index (κ1) is 16.2. The van der Waals surface area contributed by atoms with Crippen molar-refractivity contribution in [3.63, 3.8) is 0 Å². The van der Waals surface area contributed by atoms with E-state index < -0.39 is 9.05 Å². The molecule has 0 spiro atoms. The average molecular weight is 370 g/mol. The molecule has 0 atom stereocenters. The summed E-state index contributed by atoms with van der Waals surface area (Å²) in [6.45, 7) is -0.0198. The van der Waals surface area contributed by atoms with Crippen LogP contribution in [0.3, 0.4) is 0 Å². The molecule has 0 saturated carbocycles. The summed E-state index contributed by atoms with van der Waals surface area (Å²) in [5.41, 5.74) is 1.13. The molecule has 0 N–H and O–H groups in total. The molecule has 0 aliphatic carbocycles. The second-order valence-corrected chi connectivity index (χ2v) is 7.05. The fourth-order valence-corrected chi connectivity index (χ4v) is 2.90. The molecule has 0 fully saturated rings. The van der Waals surface area contributed by atoms with Gasteiger partial charge in [0.15, 0.2) is 0 Å². The van der Waals surface area contributed by atoms with Crippen molar-refractivity contribution in [2.75, 3.05) is 6.61 Å². The van der Waals surface area contributed by atoms with Crippen LogP contribution in [0.5, 0.6) is 5.75 Å². The van der Waals surface area contributed by atoms with Gasteiger partial charge in [0.1, 0.15) is 17.3 Å². The average Bonchev–Trinajstić information content (AvgIpc) is 2.27. The Morgan fingerprint density at radius 1 is 1.28 bits per heavy atom. The zero-order chi connectivity index (χ0) is 13.9. The molecule has 0 unspecified atom stereocenters. The van der Waals surface area contributed by atoms with Gasteiger partial charge in [0.05, 0.1) is 15.1 Å². The standard InChI is InChI=1S/C9H5Cl5O3S/c10-3-5(11)4-17-8-1-7(13)9(2-6(8)12)18(14,15)16/h1-3H,4H2/b5-3+. The third kappa shape index (κ3) is 4.37. The second-order valence-electron chi connectivity index (χ2n) is 3.00. The summed E-state index contributed by atoms with van der Waals surface area (Å²) in [7, 11) is 1.21. The maximum atomic E-state index is 11.2. The number of benzene rings is 1. The van der Waals surface area contributed by atoms with E-state index in [1.165, 1.54) is 6.07 Å². The van der Waals surface area contributed by atoms with Crippen LogP contribution in [0.25, 0.3) is 0 Å². The molecule has 1 aromatic rings. The highest BCUT2D eigenvalue weighted by Gasteiger charge is 2.18. The third-order valence-corrected chi connectivity index (χ3v) is 4.41. The van der Waals surface area contributed by atoms with Gasteiger partial charge in [-0.05, 0) is 6.07 Å². The van der Waals surface area contributed by atoms with Gasteiger partial charge in [0.2, 0.25) is 0 Å². The molecule has 0 saturated heterocycles. The van der Waals surface area contributed by atoms with Gasteiger partial charge in [-0.15, -0.1) is 0 Å². The topological polar surface area (TPSA) is 43.4 Å². The molecule has 1 aromatic carbocycles. The second kappa shape index (κ2) is 6.55. The molecule has 0 bridgehead atoms. The molecule has 0 aromatic heterocycles. The first-order valence-corrected chi connectivity index (χ1v) is 8.15. The van der Waals surface area contributed by atoms with E-state index in [9.17, 15) is 8.42 Å². The molecule has 0 heterocycles. The number of halogens is 5. The van der Waals surface area contributed by atoms with E-state index >= 15 is 0 Å². The van der Waals surface area contributed by atoms with Gasteiger partial charge >= 0.3 is 0 Å². The van der Waals surface area contributed by atoms with Crippen LogP contribution in [0.1, 0.15) is 0 Å². The molecule has 100 valence electrons. The van der Waals surface area contributed by atoms with E-state index in [1.807, 2.05) is 0 Å². The summed E-state index contributed by atoms with van der Waals surface area (Å²) < 4.78 is 27.5. The Bertz CT molecular complexity index is 582. The summed E-state index contributed by atoms with van der Waals surface area (Å²) in [6, 6.07) is 2.33. The molecular formula is C9H5Cl5O3S. The van der Waals surface area contributed by atoms with E-state index in [2.05, 4.69) is 0 Å². The lowest BCUT2D eigenvalue weighted by atomic mass is 10.3. The fraction of sp³-hybridized carbons (Fsp3) is 0.111. The number of rotatable bonds is 4. The molecule has 0 radical (unpaired) electrons. The Kier molecular flexibility index (Phi) is 5.90. The first-order chi connectivity index (χ1) is 8.25. The lowest BCUT2D eigenvalue weighted by Gasteiger charge is -2.09. The van der Waals surface area contributed by atoms with Gasteiger partial charge in [0.25, 0.3) is 9.05 Å². The van der Waals surface area contributed by atoms with Crippen molar-refractivity contribution in [3.8, 4) is 5.75 Å². The third-order valence-electron chi connectivity index (χ3n) is 1.73. The monoisotopic (exact) mass is 368 g/mol. The van der Waals surface area contributed by atoms with Crippen molar-refractivity contribution < 1.29 is 13.2 Å². The van der Waals surface area contributed by atoms with E-state index in [0.29, 0.717) is 0 Å². The maximum absolute atomic E-state index is 11.2. The lowest BCUT2D eigenvalue weighted by Crippen LogP contribution is -1.99. The zero-order valence-corrected chi connectivity index (χ0v) is 13.1. The highest BCUT2D eigenvalue weighted by molar-refractivity contribution is 8.13. The normalized spacial score (nSPS) is 12.6. The quantitative estimate of drug-likeness (QED) is 0.727. The van der Waals surface area contributed by atoms with E-state index in [4.69, 9.17) is 61.8 Å². The van der Waals surface area contributed by atoms with Gasteiger partial charge in [-0.2, -0.15) is 0 Å². The van der Waals surface area contributed by atoms with Crippen molar-refractivity contribution in [2.24, 2.45) is 0 Å². The molecule has 1 rings (SSSR count). The van der Waals surface area contributed by atoms with Crippen LogP contribution >= 0.6 is 57.1 Å². The van der Waals surface area contributed by atoms with Crippen LogP contribution in [-0.4, -0.2) is 15.0 Å². The Hall–Kier alpha value is 0.160.